The average molecular weight is 432 g/mol. The van der Waals surface area contributed by atoms with Crippen LogP contribution in [0.15, 0.2) is 11.1 Å². The minimum Gasteiger partial charge on any atom is -0.456 e. The number of fused-ring (bicyclic) bond motifs is 1. The van der Waals surface area contributed by atoms with Gasteiger partial charge >= 0.3 is 12.1 Å². The van der Waals surface area contributed by atoms with E-state index in [0.717, 1.165) is 0 Å². The van der Waals surface area contributed by atoms with Gasteiger partial charge in [-0.1, -0.05) is 34.8 Å². The summed E-state index contributed by atoms with van der Waals surface area (Å²) < 4.78 is 8.31. The van der Waals surface area contributed by atoms with E-state index in [0.29, 0.717) is 5.75 Å². The quantitative estimate of drug-likeness (QED) is 0.420. The van der Waals surface area contributed by atoms with Gasteiger partial charge in [0.25, 0.3) is 5.91 Å². The molecule has 1 saturated heterocycles. The number of hydrogen-bond donors (Lipinski definition) is 1. The van der Waals surface area contributed by atoms with Gasteiger partial charge in [0.1, 0.15) is 23.9 Å². The third kappa shape index (κ3) is 5.32. The molecule has 11 heteroatoms. The zero-order chi connectivity index (χ0) is 19.0. The van der Waals surface area contributed by atoms with Crippen LogP contribution in [0.5, 0.6) is 0 Å². The predicted octanol–water partition coefficient (Wildman–Crippen LogP) is 2.59. The molecular weight excluding hydrogens is 415 g/mol. The van der Waals surface area contributed by atoms with Crippen molar-refractivity contribution >= 4 is 64.5 Å². The van der Waals surface area contributed by atoms with Gasteiger partial charge in [-0.05, 0) is 20.8 Å². The molecule has 0 aromatic heterocycles. The Bertz CT molecular complexity index is 615. The molecule has 7 nitrogen and oxygen atoms in total. The Morgan fingerprint density at radius 3 is 2.56 bits per heavy atom. The molecule has 0 unspecified atom stereocenters. The fourth-order valence-electron chi connectivity index (χ4n) is 2.26. The molecule has 0 aliphatic carbocycles. The van der Waals surface area contributed by atoms with Crippen molar-refractivity contribution in [2.24, 2.45) is 0 Å². The lowest BCUT2D eigenvalue weighted by Crippen LogP contribution is -2.72. The number of β-lactam (4-membered cyclic amide) rings is 1. The van der Waals surface area contributed by atoms with E-state index in [-0.39, 0.29) is 11.7 Å². The molecule has 0 aromatic rings. The van der Waals surface area contributed by atoms with E-state index < -0.39 is 40.0 Å². The number of thioether (sulfide) groups is 1. The first-order valence-corrected chi connectivity index (χ1v) is 9.45. The van der Waals surface area contributed by atoms with Crippen molar-refractivity contribution in [1.82, 2.24) is 10.2 Å². The summed E-state index contributed by atoms with van der Waals surface area (Å²) in [5.74, 6) is -0.672. The molecule has 25 heavy (non-hydrogen) atoms. The van der Waals surface area contributed by atoms with Crippen LogP contribution in [0.2, 0.25) is 0 Å². The molecule has 2 atom stereocenters. The molecule has 0 aromatic carbocycles. The number of esters is 1. The number of amides is 2. The molecular formula is C14H17Cl3N2O5S. The fourth-order valence-corrected chi connectivity index (χ4v) is 3.42. The van der Waals surface area contributed by atoms with Crippen LogP contribution in [0.25, 0.3) is 0 Å². The lowest BCUT2D eigenvalue weighted by molar-refractivity contribution is -0.154. The maximum absolute atomic E-state index is 12.3. The molecule has 2 heterocycles. The van der Waals surface area contributed by atoms with Crippen LogP contribution in [-0.2, 0) is 19.1 Å². The third-order valence-corrected chi connectivity index (χ3v) is 4.44. The first-order chi connectivity index (χ1) is 11.4. The minimum atomic E-state index is -1.74. The van der Waals surface area contributed by atoms with Crippen molar-refractivity contribution in [1.29, 1.82) is 0 Å². The van der Waals surface area contributed by atoms with Crippen LogP contribution in [0.4, 0.5) is 4.79 Å². The standard InChI is InChI=1S/C14H17Cl3N2O5S/c1-13(2,3)24-12(22)18-9-7-4-25-5-8(19(7)10(9)20)11(21)23-6-14(15,16)17/h5,7,9H,4,6H2,1-3H3,(H,18,22)/t7-,9-/m1/s1. The summed E-state index contributed by atoms with van der Waals surface area (Å²) in [6.07, 6.45) is -0.689. The van der Waals surface area contributed by atoms with Gasteiger partial charge in [-0.15, -0.1) is 11.8 Å². The second kappa shape index (κ2) is 7.42. The normalized spacial score (nSPS) is 23.2. The van der Waals surface area contributed by atoms with Crippen molar-refractivity contribution in [2.45, 2.75) is 42.2 Å². The molecule has 1 fully saturated rings. The minimum absolute atomic E-state index is 0.0581. The zero-order valence-electron chi connectivity index (χ0n) is 13.7. The Hall–Kier alpha value is -0.830. The lowest BCUT2D eigenvalue weighted by atomic mass is 9.95. The second-order valence-electron chi connectivity index (χ2n) is 6.43. The average Bonchev–Trinajstić information content (AvgIpc) is 2.46. The van der Waals surface area contributed by atoms with E-state index in [1.807, 2.05) is 0 Å². The monoisotopic (exact) mass is 430 g/mol. The van der Waals surface area contributed by atoms with E-state index in [1.165, 1.54) is 22.1 Å². The van der Waals surface area contributed by atoms with Crippen LogP contribution < -0.4 is 5.32 Å². The number of hydrogen-bond acceptors (Lipinski definition) is 6. The van der Waals surface area contributed by atoms with Gasteiger partial charge in [-0.25, -0.2) is 9.59 Å². The molecule has 0 spiro atoms. The first kappa shape index (κ1) is 20.5. The van der Waals surface area contributed by atoms with Crippen LogP contribution in [0, 0.1) is 0 Å². The second-order valence-corrected chi connectivity index (χ2v) is 9.85. The van der Waals surface area contributed by atoms with Crippen LogP contribution in [0.1, 0.15) is 20.8 Å². The summed E-state index contributed by atoms with van der Waals surface area (Å²) >= 11 is 18.0. The Labute approximate surface area is 164 Å². The number of nitrogens with zero attached hydrogens (tertiary/aromatic N) is 1. The van der Waals surface area contributed by atoms with Gasteiger partial charge < -0.3 is 14.8 Å². The number of nitrogens with one attached hydrogen (secondary N) is 1. The van der Waals surface area contributed by atoms with Crippen molar-refractivity contribution < 1.29 is 23.9 Å². The van der Waals surface area contributed by atoms with Crippen molar-refractivity contribution in [2.75, 3.05) is 12.4 Å². The number of rotatable bonds is 3. The van der Waals surface area contributed by atoms with E-state index in [9.17, 15) is 14.4 Å². The molecule has 0 bridgehead atoms. The number of halogens is 3. The topological polar surface area (TPSA) is 84.9 Å². The number of carbonyl (C=O) groups is 3. The molecule has 2 aliphatic rings. The van der Waals surface area contributed by atoms with Gasteiger partial charge in [0.05, 0.1) is 6.04 Å². The summed E-state index contributed by atoms with van der Waals surface area (Å²) in [7, 11) is 0. The van der Waals surface area contributed by atoms with Crippen molar-refractivity contribution in [3.05, 3.63) is 11.1 Å². The number of ether oxygens (including phenoxy) is 2. The highest BCUT2D eigenvalue weighted by atomic mass is 35.6. The van der Waals surface area contributed by atoms with Crippen LogP contribution in [-0.4, -0.2) is 56.7 Å². The molecule has 1 N–H and O–H groups in total. The van der Waals surface area contributed by atoms with Crippen molar-refractivity contribution in [3.8, 4) is 0 Å². The van der Waals surface area contributed by atoms with E-state index in [1.54, 1.807) is 20.8 Å². The molecule has 0 saturated carbocycles. The fraction of sp³-hybridized carbons (Fsp3) is 0.643. The summed E-state index contributed by atoms with van der Waals surface area (Å²) in [5.41, 5.74) is -0.619. The number of alkyl halides is 3. The van der Waals surface area contributed by atoms with Gasteiger partial charge in [-0.3, -0.25) is 9.69 Å². The molecule has 2 aliphatic heterocycles. The van der Waals surface area contributed by atoms with Gasteiger partial charge in [0.2, 0.25) is 3.79 Å². The first-order valence-electron chi connectivity index (χ1n) is 7.27. The molecule has 140 valence electrons. The summed E-state index contributed by atoms with van der Waals surface area (Å²) in [5, 5.41) is 4.04. The van der Waals surface area contributed by atoms with E-state index >= 15 is 0 Å². The zero-order valence-corrected chi connectivity index (χ0v) is 16.8. The SMILES string of the molecule is CC(C)(C)OC(=O)N[C@H]1C(=O)N2C(C(=O)OCC(Cl)(Cl)Cl)=CSC[C@H]12. The lowest BCUT2D eigenvalue weighted by Gasteiger charge is -2.48. The van der Waals surface area contributed by atoms with Gasteiger partial charge in [0.15, 0.2) is 0 Å². The van der Waals surface area contributed by atoms with E-state index in [2.05, 4.69) is 5.32 Å². The van der Waals surface area contributed by atoms with Crippen LogP contribution >= 0.6 is 46.6 Å². The number of alkyl carbamates (subject to hydrolysis) is 1. The Balaban J connectivity index is 1.98. The van der Waals surface area contributed by atoms with Gasteiger partial charge in [0, 0.05) is 11.2 Å². The highest BCUT2D eigenvalue weighted by molar-refractivity contribution is 8.02. The smallest absolute Gasteiger partial charge is 0.408 e. The summed E-state index contributed by atoms with van der Waals surface area (Å²) in [6.45, 7) is 4.73. The summed E-state index contributed by atoms with van der Waals surface area (Å²) in [4.78, 5) is 37.6. The molecule has 2 amide bonds. The Morgan fingerprint density at radius 1 is 1.36 bits per heavy atom. The Morgan fingerprint density at radius 2 is 2.00 bits per heavy atom. The molecule has 0 radical (unpaired) electrons. The molecule has 2 rings (SSSR count). The maximum atomic E-state index is 12.3. The number of carbonyl (C=O) groups excluding carboxylic acids is 3. The largest absolute Gasteiger partial charge is 0.456 e. The highest BCUT2D eigenvalue weighted by Gasteiger charge is 2.53. The Kier molecular flexibility index (Phi) is 6.08. The van der Waals surface area contributed by atoms with Gasteiger partial charge in [-0.2, -0.15) is 0 Å². The highest BCUT2D eigenvalue weighted by Crippen LogP contribution is 2.35. The third-order valence-electron chi connectivity index (χ3n) is 3.19. The predicted molar refractivity (Wildman–Crippen MR) is 95.6 cm³/mol. The van der Waals surface area contributed by atoms with Crippen molar-refractivity contribution in [3.63, 3.8) is 0 Å². The summed E-state index contributed by atoms with van der Waals surface area (Å²) in [6, 6.07) is -1.13. The maximum Gasteiger partial charge on any atom is 0.408 e. The van der Waals surface area contributed by atoms with E-state index in [4.69, 9.17) is 44.3 Å². The van der Waals surface area contributed by atoms with Crippen LogP contribution in [0.3, 0.4) is 0 Å².